The number of aryl methyl sites for hydroxylation is 2. The number of hydrogen-bond acceptors (Lipinski definition) is 2. The summed E-state index contributed by atoms with van der Waals surface area (Å²) in [7, 11) is 1.89. The van der Waals surface area contributed by atoms with E-state index in [0.29, 0.717) is 12.0 Å². The molecule has 1 nitrogen and oxygen atoms in total. The highest BCUT2D eigenvalue weighted by Crippen LogP contribution is 2.34. The molecule has 3 rings (SSSR count). The van der Waals surface area contributed by atoms with Crippen LogP contribution in [0.5, 0.6) is 0 Å². The van der Waals surface area contributed by atoms with Gasteiger partial charge in [0.25, 0.3) is 0 Å². The first-order valence-corrected chi connectivity index (χ1v) is 7.71. The molecule has 1 aromatic heterocycles. The zero-order chi connectivity index (χ0) is 14.1. The molecular formula is C16H17F2NS. The fourth-order valence-electron chi connectivity index (χ4n) is 2.83. The van der Waals surface area contributed by atoms with Gasteiger partial charge in [0.05, 0.1) is 0 Å². The Morgan fingerprint density at radius 2 is 1.90 bits per heavy atom. The van der Waals surface area contributed by atoms with Crippen LogP contribution < -0.4 is 5.32 Å². The Morgan fingerprint density at radius 1 is 1.15 bits per heavy atom. The van der Waals surface area contributed by atoms with Crippen molar-refractivity contribution in [2.45, 2.75) is 31.7 Å². The summed E-state index contributed by atoms with van der Waals surface area (Å²) in [4.78, 5) is 2.74. The van der Waals surface area contributed by atoms with Gasteiger partial charge in [0.2, 0.25) is 0 Å². The molecule has 1 unspecified atom stereocenters. The van der Waals surface area contributed by atoms with Gasteiger partial charge in [0.15, 0.2) is 0 Å². The van der Waals surface area contributed by atoms with E-state index in [2.05, 4.69) is 11.4 Å². The maximum atomic E-state index is 13.3. The number of nitrogens with one attached hydrogen (secondary N) is 1. The van der Waals surface area contributed by atoms with Crippen LogP contribution in [0.2, 0.25) is 0 Å². The summed E-state index contributed by atoms with van der Waals surface area (Å²) in [6.45, 7) is 0. The van der Waals surface area contributed by atoms with Crippen molar-refractivity contribution >= 4 is 11.3 Å². The minimum absolute atomic E-state index is 0.117. The lowest BCUT2D eigenvalue weighted by atomic mass is 10.0. The smallest absolute Gasteiger partial charge is 0.126 e. The second-order valence-corrected chi connectivity index (χ2v) is 6.44. The summed E-state index contributed by atoms with van der Waals surface area (Å²) in [5.74, 6) is -1.02. The van der Waals surface area contributed by atoms with Gasteiger partial charge >= 0.3 is 0 Å². The average Bonchev–Trinajstić information content (AvgIpc) is 2.95. The third-order valence-electron chi connectivity index (χ3n) is 3.82. The van der Waals surface area contributed by atoms with Crippen LogP contribution >= 0.6 is 11.3 Å². The summed E-state index contributed by atoms with van der Waals surface area (Å²) in [6.07, 6.45) is 4.19. The lowest BCUT2D eigenvalue weighted by Gasteiger charge is -2.15. The first-order valence-electron chi connectivity index (χ1n) is 6.89. The minimum Gasteiger partial charge on any atom is -0.312 e. The molecule has 0 bridgehead atoms. The van der Waals surface area contributed by atoms with E-state index in [1.807, 2.05) is 18.4 Å². The van der Waals surface area contributed by atoms with Gasteiger partial charge in [0, 0.05) is 21.9 Å². The van der Waals surface area contributed by atoms with Crippen LogP contribution in [0.15, 0.2) is 24.3 Å². The lowest BCUT2D eigenvalue weighted by Crippen LogP contribution is -2.18. The predicted octanol–water partition coefficient (Wildman–Crippen LogP) is 4.02. The number of likely N-dealkylation sites (N-methyl/N-ethyl adjacent to an activating group) is 1. The molecule has 1 aliphatic carbocycles. The molecule has 1 heterocycles. The summed E-state index contributed by atoms with van der Waals surface area (Å²) >= 11 is 1.83. The van der Waals surface area contributed by atoms with Crippen molar-refractivity contribution in [2.75, 3.05) is 7.05 Å². The second kappa shape index (κ2) is 5.62. The van der Waals surface area contributed by atoms with Crippen molar-refractivity contribution < 1.29 is 8.78 Å². The molecule has 2 aromatic rings. The maximum Gasteiger partial charge on any atom is 0.126 e. The summed E-state index contributed by atoms with van der Waals surface area (Å²) < 4.78 is 26.5. The zero-order valence-corrected chi connectivity index (χ0v) is 12.2. The molecule has 1 atom stereocenters. The first-order chi connectivity index (χ1) is 9.65. The largest absolute Gasteiger partial charge is 0.312 e. The van der Waals surface area contributed by atoms with E-state index in [1.54, 1.807) is 0 Å². The molecule has 0 radical (unpaired) electrons. The summed E-state index contributed by atoms with van der Waals surface area (Å²) in [5.41, 5.74) is 2.14. The highest BCUT2D eigenvalue weighted by atomic mass is 32.1. The third-order valence-corrected chi connectivity index (χ3v) is 5.17. The van der Waals surface area contributed by atoms with E-state index in [4.69, 9.17) is 0 Å². The number of halogens is 2. The molecule has 0 aliphatic heterocycles. The second-order valence-electron chi connectivity index (χ2n) is 5.27. The van der Waals surface area contributed by atoms with Crippen LogP contribution in [-0.2, 0) is 19.3 Å². The SMILES string of the molecule is CNC(Cc1cc(F)cc(F)c1)c1cc2c(s1)CCC2. The van der Waals surface area contributed by atoms with E-state index < -0.39 is 11.6 Å². The summed E-state index contributed by atoms with van der Waals surface area (Å²) in [5, 5.41) is 3.26. The Kier molecular flexibility index (Phi) is 3.85. The van der Waals surface area contributed by atoms with Crippen molar-refractivity contribution in [1.82, 2.24) is 5.32 Å². The van der Waals surface area contributed by atoms with Gasteiger partial charge in [-0.15, -0.1) is 11.3 Å². The molecule has 0 saturated heterocycles. The normalized spacial score (nSPS) is 15.3. The highest BCUT2D eigenvalue weighted by Gasteiger charge is 2.19. The van der Waals surface area contributed by atoms with Crippen LogP contribution in [0.4, 0.5) is 8.78 Å². The average molecular weight is 293 g/mol. The Balaban J connectivity index is 1.82. The number of thiophene rings is 1. The quantitative estimate of drug-likeness (QED) is 0.898. The maximum absolute atomic E-state index is 13.3. The van der Waals surface area contributed by atoms with Crippen LogP contribution in [-0.4, -0.2) is 7.05 Å². The Labute approximate surface area is 121 Å². The zero-order valence-electron chi connectivity index (χ0n) is 11.4. The van der Waals surface area contributed by atoms with Crippen LogP contribution in [0, 0.1) is 11.6 Å². The molecule has 0 spiro atoms. The predicted molar refractivity (Wildman–Crippen MR) is 78.2 cm³/mol. The van der Waals surface area contributed by atoms with Crippen molar-refractivity contribution in [2.24, 2.45) is 0 Å². The van der Waals surface area contributed by atoms with Gasteiger partial charge in [-0.2, -0.15) is 0 Å². The molecule has 20 heavy (non-hydrogen) atoms. The van der Waals surface area contributed by atoms with E-state index in [9.17, 15) is 8.78 Å². The van der Waals surface area contributed by atoms with Gasteiger partial charge in [-0.25, -0.2) is 8.78 Å². The molecule has 0 fully saturated rings. The lowest BCUT2D eigenvalue weighted by molar-refractivity contribution is 0.565. The minimum atomic E-state index is -0.511. The van der Waals surface area contributed by atoms with Crippen molar-refractivity contribution in [1.29, 1.82) is 0 Å². The topological polar surface area (TPSA) is 12.0 Å². The Hall–Kier alpha value is -1.26. The molecule has 1 N–H and O–H groups in total. The van der Waals surface area contributed by atoms with Crippen LogP contribution in [0.3, 0.4) is 0 Å². The van der Waals surface area contributed by atoms with E-state index >= 15 is 0 Å². The van der Waals surface area contributed by atoms with E-state index in [-0.39, 0.29) is 6.04 Å². The molecular weight excluding hydrogens is 276 g/mol. The number of fused-ring (bicyclic) bond motifs is 1. The van der Waals surface area contributed by atoms with Crippen molar-refractivity contribution in [3.8, 4) is 0 Å². The molecule has 1 aromatic carbocycles. The van der Waals surface area contributed by atoms with Crippen LogP contribution in [0.25, 0.3) is 0 Å². The number of rotatable bonds is 4. The van der Waals surface area contributed by atoms with E-state index in [1.165, 1.54) is 40.3 Å². The van der Waals surface area contributed by atoms with Gasteiger partial charge in [-0.1, -0.05) is 0 Å². The molecule has 106 valence electrons. The van der Waals surface area contributed by atoms with Crippen LogP contribution in [0.1, 0.15) is 33.3 Å². The number of benzene rings is 1. The highest BCUT2D eigenvalue weighted by molar-refractivity contribution is 7.12. The van der Waals surface area contributed by atoms with Gasteiger partial charge in [-0.3, -0.25) is 0 Å². The van der Waals surface area contributed by atoms with Crippen molar-refractivity contribution in [3.63, 3.8) is 0 Å². The Bertz CT molecular complexity index is 579. The van der Waals surface area contributed by atoms with E-state index in [0.717, 1.165) is 12.5 Å². The molecule has 0 amide bonds. The monoisotopic (exact) mass is 293 g/mol. The fraction of sp³-hybridized carbons (Fsp3) is 0.375. The molecule has 1 aliphatic rings. The standard InChI is InChI=1S/C16H17F2NS/c1-19-14(7-10-5-12(17)9-13(18)6-10)16-8-11-3-2-4-15(11)20-16/h5-6,8-9,14,19H,2-4,7H2,1H3. The molecule has 4 heteroatoms. The number of hydrogen-bond donors (Lipinski definition) is 1. The van der Waals surface area contributed by atoms with Crippen molar-refractivity contribution in [3.05, 3.63) is 56.8 Å². The molecule has 0 saturated carbocycles. The Morgan fingerprint density at radius 3 is 2.55 bits per heavy atom. The summed E-state index contributed by atoms with van der Waals surface area (Å²) in [6, 6.07) is 6.11. The van der Waals surface area contributed by atoms with Gasteiger partial charge in [-0.05, 0) is 62.1 Å². The van der Waals surface area contributed by atoms with Gasteiger partial charge in [0.1, 0.15) is 11.6 Å². The third kappa shape index (κ3) is 2.76. The fourth-order valence-corrected chi connectivity index (χ4v) is 4.20. The first kappa shape index (κ1) is 13.7. The van der Waals surface area contributed by atoms with Gasteiger partial charge < -0.3 is 5.32 Å².